The van der Waals surface area contributed by atoms with Crippen molar-refractivity contribution in [2.75, 3.05) is 6.54 Å². The maximum atomic E-state index is 10.9. The molecule has 1 aliphatic carbocycles. The molecule has 3 nitrogen and oxygen atoms in total. The quantitative estimate of drug-likeness (QED) is 0.530. The largest absolute Gasteiger partial charge is 0.338 e. The second-order valence-corrected chi connectivity index (χ2v) is 3.80. The second-order valence-electron chi connectivity index (χ2n) is 3.80. The van der Waals surface area contributed by atoms with Crippen molar-refractivity contribution in [1.29, 1.82) is 0 Å². The first-order chi connectivity index (χ1) is 5.25. The Morgan fingerprint density at radius 3 is 3.09 bits per heavy atom. The SMILES string of the molecule is CC1CC2CNC(=O)NC2C1. The number of amides is 2. The van der Waals surface area contributed by atoms with E-state index in [-0.39, 0.29) is 6.03 Å². The third kappa shape index (κ3) is 1.19. The summed E-state index contributed by atoms with van der Waals surface area (Å²) in [7, 11) is 0. The number of carbonyl (C=O) groups excluding carboxylic acids is 1. The van der Waals surface area contributed by atoms with Gasteiger partial charge in [-0.3, -0.25) is 0 Å². The standard InChI is InChI=1S/C8H14N2O/c1-5-2-6-4-9-8(11)10-7(6)3-5/h5-7H,2-4H2,1H3,(H2,9,10,11). The van der Waals surface area contributed by atoms with Crippen molar-refractivity contribution in [3.8, 4) is 0 Å². The summed E-state index contributed by atoms with van der Waals surface area (Å²) in [6.07, 6.45) is 2.43. The maximum absolute atomic E-state index is 10.9. The summed E-state index contributed by atoms with van der Waals surface area (Å²) in [4.78, 5) is 10.9. The number of hydrogen-bond acceptors (Lipinski definition) is 1. The zero-order valence-electron chi connectivity index (χ0n) is 6.76. The minimum absolute atomic E-state index is 0.0142. The predicted octanol–water partition coefficient (Wildman–Crippen LogP) is 0.714. The molecule has 0 spiro atoms. The first-order valence-corrected chi connectivity index (χ1v) is 4.30. The van der Waals surface area contributed by atoms with Gasteiger partial charge in [-0.2, -0.15) is 0 Å². The third-order valence-corrected chi connectivity index (χ3v) is 2.77. The molecule has 2 rings (SSSR count). The summed E-state index contributed by atoms with van der Waals surface area (Å²) in [5.41, 5.74) is 0. The van der Waals surface area contributed by atoms with Crippen molar-refractivity contribution in [3.05, 3.63) is 0 Å². The summed E-state index contributed by atoms with van der Waals surface area (Å²) >= 11 is 0. The fourth-order valence-corrected chi connectivity index (χ4v) is 2.25. The molecule has 0 radical (unpaired) electrons. The zero-order chi connectivity index (χ0) is 7.84. The van der Waals surface area contributed by atoms with Crippen LogP contribution >= 0.6 is 0 Å². The minimum Gasteiger partial charge on any atom is -0.338 e. The first kappa shape index (κ1) is 6.95. The molecule has 0 aromatic rings. The number of urea groups is 1. The van der Waals surface area contributed by atoms with Crippen LogP contribution < -0.4 is 10.6 Å². The smallest absolute Gasteiger partial charge is 0.315 e. The van der Waals surface area contributed by atoms with Gasteiger partial charge in [0.15, 0.2) is 0 Å². The lowest BCUT2D eigenvalue weighted by Crippen LogP contribution is -2.52. The molecule has 1 heterocycles. The molecular weight excluding hydrogens is 140 g/mol. The van der Waals surface area contributed by atoms with Gasteiger partial charge in [0.25, 0.3) is 0 Å². The summed E-state index contributed by atoms with van der Waals surface area (Å²) in [5.74, 6) is 1.47. The van der Waals surface area contributed by atoms with E-state index in [1.54, 1.807) is 0 Å². The van der Waals surface area contributed by atoms with E-state index in [9.17, 15) is 4.79 Å². The van der Waals surface area contributed by atoms with Gasteiger partial charge in [0.05, 0.1) is 0 Å². The van der Waals surface area contributed by atoms with E-state index in [1.807, 2.05) is 0 Å². The highest BCUT2D eigenvalue weighted by Crippen LogP contribution is 2.31. The molecule has 0 aromatic heterocycles. The lowest BCUT2D eigenvalue weighted by atomic mass is 10.0. The van der Waals surface area contributed by atoms with Crippen LogP contribution in [0.1, 0.15) is 19.8 Å². The first-order valence-electron chi connectivity index (χ1n) is 4.30. The van der Waals surface area contributed by atoms with E-state index in [0.29, 0.717) is 12.0 Å². The second kappa shape index (κ2) is 2.40. The van der Waals surface area contributed by atoms with E-state index in [4.69, 9.17) is 0 Å². The molecule has 2 fully saturated rings. The minimum atomic E-state index is 0.0142. The average molecular weight is 154 g/mol. The molecule has 62 valence electrons. The van der Waals surface area contributed by atoms with E-state index < -0.39 is 0 Å². The van der Waals surface area contributed by atoms with Gasteiger partial charge < -0.3 is 10.6 Å². The Morgan fingerprint density at radius 1 is 1.45 bits per heavy atom. The van der Waals surface area contributed by atoms with Crippen LogP contribution in [-0.2, 0) is 0 Å². The van der Waals surface area contributed by atoms with E-state index in [0.717, 1.165) is 18.9 Å². The molecule has 2 amide bonds. The van der Waals surface area contributed by atoms with Crippen molar-refractivity contribution >= 4 is 6.03 Å². The zero-order valence-corrected chi connectivity index (χ0v) is 6.76. The van der Waals surface area contributed by atoms with Crippen molar-refractivity contribution in [3.63, 3.8) is 0 Å². The van der Waals surface area contributed by atoms with E-state index >= 15 is 0 Å². The number of hydrogen-bond donors (Lipinski definition) is 2. The van der Waals surface area contributed by atoms with Crippen LogP contribution in [0.4, 0.5) is 4.79 Å². The van der Waals surface area contributed by atoms with Gasteiger partial charge in [-0.25, -0.2) is 4.79 Å². The Bertz CT molecular complexity index is 181. The number of fused-ring (bicyclic) bond motifs is 1. The molecular formula is C8H14N2O. The highest BCUT2D eigenvalue weighted by atomic mass is 16.2. The molecule has 3 unspecified atom stereocenters. The van der Waals surface area contributed by atoms with E-state index in [1.165, 1.54) is 6.42 Å². The normalized spacial score (nSPS) is 42.6. The molecule has 1 aliphatic heterocycles. The van der Waals surface area contributed by atoms with Gasteiger partial charge in [0.2, 0.25) is 0 Å². The van der Waals surface area contributed by atoms with Crippen LogP contribution in [0.15, 0.2) is 0 Å². The van der Waals surface area contributed by atoms with Crippen LogP contribution in [0.3, 0.4) is 0 Å². The summed E-state index contributed by atoms with van der Waals surface area (Å²) < 4.78 is 0. The van der Waals surface area contributed by atoms with E-state index in [2.05, 4.69) is 17.6 Å². The lowest BCUT2D eigenvalue weighted by molar-refractivity contribution is 0.220. The predicted molar refractivity (Wildman–Crippen MR) is 42.2 cm³/mol. The Labute approximate surface area is 66.5 Å². The van der Waals surface area contributed by atoms with Gasteiger partial charge in [0.1, 0.15) is 0 Å². The molecule has 1 saturated carbocycles. The lowest BCUT2D eigenvalue weighted by Gasteiger charge is -2.26. The molecule has 0 aromatic carbocycles. The Morgan fingerprint density at radius 2 is 2.27 bits per heavy atom. The molecule has 2 N–H and O–H groups in total. The molecule has 1 saturated heterocycles. The topological polar surface area (TPSA) is 41.1 Å². The van der Waals surface area contributed by atoms with Crippen LogP contribution in [0.25, 0.3) is 0 Å². The van der Waals surface area contributed by atoms with Gasteiger partial charge in [-0.15, -0.1) is 0 Å². The van der Waals surface area contributed by atoms with Crippen LogP contribution in [0.5, 0.6) is 0 Å². The highest BCUT2D eigenvalue weighted by Gasteiger charge is 2.35. The fourth-order valence-electron chi connectivity index (χ4n) is 2.25. The molecule has 3 atom stereocenters. The molecule has 2 aliphatic rings. The highest BCUT2D eigenvalue weighted by molar-refractivity contribution is 5.75. The van der Waals surface area contributed by atoms with Crippen LogP contribution in [0, 0.1) is 11.8 Å². The Balaban J connectivity index is 2.02. The van der Waals surface area contributed by atoms with Crippen LogP contribution in [-0.4, -0.2) is 18.6 Å². The van der Waals surface area contributed by atoms with Crippen molar-refractivity contribution < 1.29 is 4.79 Å². The van der Waals surface area contributed by atoms with Gasteiger partial charge in [-0.05, 0) is 24.7 Å². The third-order valence-electron chi connectivity index (χ3n) is 2.77. The molecule has 3 heteroatoms. The van der Waals surface area contributed by atoms with Crippen molar-refractivity contribution in [2.45, 2.75) is 25.8 Å². The average Bonchev–Trinajstić information content (AvgIpc) is 2.27. The molecule has 11 heavy (non-hydrogen) atoms. The van der Waals surface area contributed by atoms with Gasteiger partial charge in [-0.1, -0.05) is 6.92 Å². The van der Waals surface area contributed by atoms with Crippen molar-refractivity contribution in [2.24, 2.45) is 11.8 Å². The van der Waals surface area contributed by atoms with Crippen LogP contribution in [0.2, 0.25) is 0 Å². The summed E-state index contributed by atoms with van der Waals surface area (Å²) in [6, 6.07) is 0.471. The van der Waals surface area contributed by atoms with Gasteiger partial charge in [0, 0.05) is 12.6 Å². The number of rotatable bonds is 0. The summed E-state index contributed by atoms with van der Waals surface area (Å²) in [5, 5.41) is 5.78. The Hall–Kier alpha value is -0.730. The monoisotopic (exact) mass is 154 g/mol. The molecule has 0 bridgehead atoms. The Kier molecular flexibility index (Phi) is 1.51. The number of nitrogens with one attached hydrogen (secondary N) is 2. The maximum Gasteiger partial charge on any atom is 0.315 e. The summed E-state index contributed by atoms with van der Waals surface area (Å²) in [6.45, 7) is 3.13. The fraction of sp³-hybridized carbons (Fsp3) is 0.875. The van der Waals surface area contributed by atoms with Crippen molar-refractivity contribution in [1.82, 2.24) is 10.6 Å². The number of carbonyl (C=O) groups is 1. The van der Waals surface area contributed by atoms with Gasteiger partial charge >= 0.3 is 6.03 Å².